The van der Waals surface area contributed by atoms with Crippen molar-refractivity contribution in [2.75, 3.05) is 13.7 Å². The van der Waals surface area contributed by atoms with E-state index in [9.17, 15) is 9.90 Å². The Kier molecular flexibility index (Phi) is 6.32. The quantitative estimate of drug-likeness (QED) is 0.666. The van der Waals surface area contributed by atoms with E-state index < -0.39 is 12.1 Å². The third kappa shape index (κ3) is 4.89. The first-order valence-corrected chi connectivity index (χ1v) is 6.35. The smallest absolute Gasteiger partial charge is 0.304 e. The minimum atomic E-state index is -0.846. The van der Waals surface area contributed by atoms with Crippen LogP contribution >= 0.6 is 0 Å². The number of benzene rings is 1. The van der Waals surface area contributed by atoms with Crippen LogP contribution < -0.4 is 10.1 Å². The second-order valence-electron chi connectivity index (χ2n) is 4.33. The average Bonchev–Trinajstić information content (AvgIpc) is 2.43. The van der Waals surface area contributed by atoms with Gasteiger partial charge in [0.1, 0.15) is 5.75 Å². The number of aliphatic hydroxyl groups excluding tert-OH is 1. The number of carboxylic acids is 1. The molecule has 0 aliphatic rings. The molecule has 106 valence electrons. The lowest BCUT2D eigenvalue weighted by Gasteiger charge is -2.23. The molecule has 0 spiro atoms. The van der Waals surface area contributed by atoms with Crippen LogP contribution in [0.25, 0.3) is 0 Å². The van der Waals surface area contributed by atoms with Crippen LogP contribution in [-0.2, 0) is 4.79 Å². The highest BCUT2D eigenvalue weighted by Crippen LogP contribution is 2.21. The summed E-state index contributed by atoms with van der Waals surface area (Å²) in [7, 11) is 1.59. The molecule has 2 unspecified atom stereocenters. The summed E-state index contributed by atoms with van der Waals surface area (Å²) in [5, 5.41) is 21.9. The monoisotopic (exact) mass is 267 g/mol. The van der Waals surface area contributed by atoms with Gasteiger partial charge in [-0.15, -0.1) is 0 Å². The summed E-state index contributed by atoms with van der Waals surface area (Å²) < 4.78 is 5.06. The molecule has 0 radical (unpaired) electrons. The minimum Gasteiger partial charge on any atom is -0.497 e. The van der Waals surface area contributed by atoms with E-state index in [2.05, 4.69) is 5.32 Å². The zero-order valence-corrected chi connectivity index (χ0v) is 11.3. The van der Waals surface area contributed by atoms with Crippen molar-refractivity contribution in [1.82, 2.24) is 5.32 Å². The fourth-order valence-electron chi connectivity index (χ4n) is 1.88. The molecule has 1 rings (SSSR count). The summed E-state index contributed by atoms with van der Waals surface area (Å²) in [4.78, 5) is 10.5. The Balaban J connectivity index is 2.60. The molecule has 0 saturated carbocycles. The molecular weight excluding hydrogens is 246 g/mol. The second-order valence-corrected chi connectivity index (χ2v) is 4.33. The highest BCUT2D eigenvalue weighted by atomic mass is 16.5. The Hall–Kier alpha value is -1.59. The number of aliphatic carboxylic acids is 1. The molecule has 5 heteroatoms. The van der Waals surface area contributed by atoms with Crippen molar-refractivity contribution in [3.8, 4) is 5.75 Å². The molecule has 19 heavy (non-hydrogen) atoms. The lowest BCUT2D eigenvalue weighted by molar-refractivity contribution is -0.136. The molecule has 0 aliphatic heterocycles. The first kappa shape index (κ1) is 15.5. The van der Waals surface area contributed by atoms with Crippen LogP contribution in [0.1, 0.15) is 31.4 Å². The third-order valence-electron chi connectivity index (χ3n) is 3.02. The number of rotatable bonds is 8. The van der Waals surface area contributed by atoms with Gasteiger partial charge in [-0.3, -0.25) is 4.79 Å². The van der Waals surface area contributed by atoms with Crippen LogP contribution in [0, 0.1) is 0 Å². The maximum Gasteiger partial charge on any atom is 0.304 e. The van der Waals surface area contributed by atoms with E-state index in [0.29, 0.717) is 13.0 Å². The Morgan fingerprint density at radius 2 is 2.00 bits per heavy atom. The number of methoxy groups -OCH3 is 1. The van der Waals surface area contributed by atoms with Crippen molar-refractivity contribution in [2.45, 2.75) is 31.9 Å². The van der Waals surface area contributed by atoms with Gasteiger partial charge in [0.05, 0.1) is 19.6 Å². The van der Waals surface area contributed by atoms with Crippen molar-refractivity contribution in [1.29, 1.82) is 0 Å². The van der Waals surface area contributed by atoms with Gasteiger partial charge in [-0.05, 0) is 24.1 Å². The van der Waals surface area contributed by atoms with Gasteiger partial charge in [0.2, 0.25) is 0 Å². The summed E-state index contributed by atoms with van der Waals surface area (Å²) in [6.07, 6.45) is 0.100. The highest BCUT2D eigenvalue weighted by Gasteiger charge is 2.18. The van der Waals surface area contributed by atoms with Crippen molar-refractivity contribution >= 4 is 5.97 Å². The van der Waals surface area contributed by atoms with Crippen molar-refractivity contribution in [2.24, 2.45) is 0 Å². The molecule has 1 aromatic carbocycles. The standard InChI is InChI=1S/C14H21NO4/c1-3-12(15-9-8-13(16)17)14(18)10-4-6-11(19-2)7-5-10/h4-7,12,14-15,18H,3,8-9H2,1-2H3,(H,16,17). The number of ether oxygens (including phenoxy) is 1. The Morgan fingerprint density at radius 3 is 2.47 bits per heavy atom. The fourth-order valence-corrected chi connectivity index (χ4v) is 1.88. The molecule has 5 nitrogen and oxygen atoms in total. The van der Waals surface area contributed by atoms with E-state index in [0.717, 1.165) is 11.3 Å². The van der Waals surface area contributed by atoms with Crippen LogP contribution in [0.15, 0.2) is 24.3 Å². The summed E-state index contributed by atoms with van der Waals surface area (Å²) in [5.41, 5.74) is 0.787. The normalized spacial score (nSPS) is 13.8. The molecule has 0 amide bonds. The second kappa shape index (κ2) is 7.76. The van der Waals surface area contributed by atoms with Crippen molar-refractivity contribution < 1.29 is 19.7 Å². The predicted molar refractivity (Wildman–Crippen MR) is 72.3 cm³/mol. The number of aliphatic hydroxyl groups is 1. The van der Waals surface area contributed by atoms with E-state index in [1.165, 1.54) is 0 Å². The topological polar surface area (TPSA) is 78.8 Å². The number of hydrogen-bond donors (Lipinski definition) is 3. The average molecular weight is 267 g/mol. The maximum atomic E-state index is 10.5. The van der Waals surface area contributed by atoms with Crippen LogP contribution in [0.4, 0.5) is 0 Å². The zero-order valence-electron chi connectivity index (χ0n) is 11.3. The highest BCUT2D eigenvalue weighted by molar-refractivity contribution is 5.66. The lowest BCUT2D eigenvalue weighted by atomic mass is 10.00. The molecule has 0 bridgehead atoms. The van der Waals surface area contributed by atoms with Gasteiger partial charge in [-0.25, -0.2) is 0 Å². The van der Waals surface area contributed by atoms with Crippen molar-refractivity contribution in [3.05, 3.63) is 29.8 Å². The first-order valence-electron chi connectivity index (χ1n) is 6.35. The molecule has 1 aromatic rings. The van der Waals surface area contributed by atoms with Crippen LogP contribution in [0.5, 0.6) is 5.75 Å². The Labute approximate surface area is 113 Å². The van der Waals surface area contributed by atoms with Crippen LogP contribution in [-0.4, -0.2) is 35.9 Å². The molecule has 0 saturated heterocycles. The molecule has 3 N–H and O–H groups in total. The molecule has 0 aliphatic carbocycles. The summed E-state index contributed by atoms with van der Waals surface area (Å²) in [6, 6.07) is 7.05. The van der Waals surface area contributed by atoms with E-state index in [1.54, 1.807) is 19.2 Å². The fraction of sp³-hybridized carbons (Fsp3) is 0.500. The SMILES string of the molecule is CCC(NCCC(=O)O)C(O)c1ccc(OC)cc1. The largest absolute Gasteiger partial charge is 0.497 e. The van der Waals surface area contributed by atoms with Gasteiger partial charge in [0, 0.05) is 12.6 Å². The number of carboxylic acid groups (broad SMARTS) is 1. The summed E-state index contributed by atoms with van der Waals surface area (Å²) >= 11 is 0. The van der Waals surface area contributed by atoms with Gasteiger partial charge in [-0.1, -0.05) is 19.1 Å². The molecule has 2 atom stereocenters. The Morgan fingerprint density at radius 1 is 1.37 bits per heavy atom. The molecule has 0 heterocycles. The van der Waals surface area contributed by atoms with Gasteiger partial charge >= 0.3 is 5.97 Å². The van der Waals surface area contributed by atoms with Crippen LogP contribution in [0.2, 0.25) is 0 Å². The van der Waals surface area contributed by atoms with E-state index in [4.69, 9.17) is 9.84 Å². The van der Waals surface area contributed by atoms with Crippen LogP contribution in [0.3, 0.4) is 0 Å². The summed E-state index contributed by atoms with van der Waals surface area (Å²) in [6.45, 7) is 2.30. The minimum absolute atomic E-state index is 0.0475. The van der Waals surface area contributed by atoms with Gasteiger partial charge in [-0.2, -0.15) is 0 Å². The van der Waals surface area contributed by atoms with Gasteiger partial charge < -0.3 is 20.3 Å². The number of hydrogen-bond acceptors (Lipinski definition) is 4. The lowest BCUT2D eigenvalue weighted by Crippen LogP contribution is -2.35. The van der Waals surface area contributed by atoms with Gasteiger partial charge in [0.25, 0.3) is 0 Å². The molecule has 0 fully saturated rings. The van der Waals surface area contributed by atoms with Crippen molar-refractivity contribution in [3.63, 3.8) is 0 Å². The Bertz CT molecular complexity index is 391. The predicted octanol–water partition coefficient (Wildman–Crippen LogP) is 1.57. The molecular formula is C14H21NO4. The van der Waals surface area contributed by atoms with E-state index >= 15 is 0 Å². The van der Waals surface area contributed by atoms with E-state index in [-0.39, 0.29) is 12.5 Å². The maximum absolute atomic E-state index is 10.5. The number of carbonyl (C=O) groups is 1. The first-order chi connectivity index (χ1) is 9.08. The molecule has 0 aromatic heterocycles. The summed E-state index contributed by atoms with van der Waals surface area (Å²) in [5.74, 6) is -0.107. The van der Waals surface area contributed by atoms with E-state index in [1.807, 2.05) is 19.1 Å². The third-order valence-corrected chi connectivity index (χ3v) is 3.02. The van der Waals surface area contributed by atoms with Gasteiger partial charge in [0.15, 0.2) is 0 Å². The number of nitrogens with one attached hydrogen (secondary N) is 1. The zero-order chi connectivity index (χ0) is 14.3.